The zero-order valence-electron chi connectivity index (χ0n) is 11.6. The second kappa shape index (κ2) is 8.27. The first-order valence-electron chi connectivity index (χ1n) is 7.00. The highest BCUT2D eigenvalue weighted by atomic mass is 32.2. The van der Waals surface area contributed by atoms with Gasteiger partial charge in [-0.2, -0.15) is 11.8 Å². The third-order valence-electron chi connectivity index (χ3n) is 3.08. The Hall–Kier alpha value is -0.940. The van der Waals surface area contributed by atoms with Crippen molar-refractivity contribution in [3.05, 3.63) is 18.3 Å². The quantitative estimate of drug-likeness (QED) is 0.777. The van der Waals surface area contributed by atoms with Crippen molar-refractivity contribution in [3.63, 3.8) is 0 Å². The van der Waals surface area contributed by atoms with Gasteiger partial charge in [-0.15, -0.1) is 0 Å². The lowest BCUT2D eigenvalue weighted by Gasteiger charge is -2.27. The molecule has 106 valence electrons. The number of ether oxygens (including phenoxy) is 1. The smallest absolute Gasteiger partial charge is 0.128 e. The Morgan fingerprint density at radius 2 is 2.21 bits per heavy atom. The number of morpholine rings is 1. The van der Waals surface area contributed by atoms with E-state index in [2.05, 4.69) is 34.3 Å². The first-order valence-corrected chi connectivity index (χ1v) is 8.16. The third kappa shape index (κ3) is 4.91. The second-order valence-corrected chi connectivity index (χ2v) is 5.88. The summed E-state index contributed by atoms with van der Waals surface area (Å²) in [6.45, 7) is 6.70. The average Bonchev–Trinajstić information content (AvgIpc) is 2.49. The molecule has 0 atom stereocenters. The van der Waals surface area contributed by atoms with Crippen molar-refractivity contribution in [1.29, 1.82) is 0 Å². The maximum atomic E-state index is 5.35. The van der Waals surface area contributed by atoms with Crippen molar-refractivity contribution in [3.8, 4) is 0 Å². The number of nitrogens with one attached hydrogen (secondary N) is 1. The number of hydrogen-bond donors (Lipinski definition) is 1. The average molecular weight is 281 g/mol. The van der Waals surface area contributed by atoms with Crippen molar-refractivity contribution in [2.45, 2.75) is 13.3 Å². The van der Waals surface area contributed by atoms with Crippen LogP contribution in [0.1, 0.15) is 13.3 Å². The summed E-state index contributed by atoms with van der Waals surface area (Å²) in [5.41, 5.74) is 1.11. The number of anilines is 2. The summed E-state index contributed by atoms with van der Waals surface area (Å²) in [5, 5.41) is 3.41. The molecule has 1 aliphatic heterocycles. The molecule has 19 heavy (non-hydrogen) atoms. The van der Waals surface area contributed by atoms with Gasteiger partial charge in [0.1, 0.15) is 5.82 Å². The van der Waals surface area contributed by atoms with E-state index in [1.54, 1.807) is 0 Å². The summed E-state index contributed by atoms with van der Waals surface area (Å²) in [4.78, 5) is 6.79. The molecule has 0 amide bonds. The summed E-state index contributed by atoms with van der Waals surface area (Å²) in [6, 6.07) is 4.21. The summed E-state index contributed by atoms with van der Waals surface area (Å²) < 4.78 is 5.35. The molecule has 0 unspecified atom stereocenters. The van der Waals surface area contributed by atoms with Gasteiger partial charge in [0.25, 0.3) is 0 Å². The lowest BCUT2D eigenvalue weighted by Crippen LogP contribution is -2.36. The zero-order valence-corrected chi connectivity index (χ0v) is 12.4. The summed E-state index contributed by atoms with van der Waals surface area (Å²) in [6.07, 6.45) is 3.13. The summed E-state index contributed by atoms with van der Waals surface area (Å²) >= 11 is 1.99. The Morgan fingerprint density at radius 3 is 2.89 bits per heavy atom. The highest BCUT2D eigenvalue weighted by Crippen LogP contribution is 2.15. The molecule has 1 aliphatic rings. The fourth-order valence-electron chi connectivity index (χ4n) is 2.02. The fourth-order valence-corrected chi connectivity index (χ4v) is 2.66. The van der Waals surface area contributed by atoms with Gasteiger partial charge in [-0.05, 0) is 30.1 Å². The van der Waals surface area contributed by atoms with Gasteiger partial charge < -0.3 is 15.0 Å². The molecule has 0 radical (unpaired) electrons. The van der Waals surface area contributed by atoms with Gasteiger partial charge in [0, 0.05) is 19.6 Å². The first kappa shape index (κ1) is 14.5. The third-order valence-corrected chi connectivity index (χ3v) is 4.07. The molecule has 4 nitrogen and oxygen atoms in total. The predicted molar refractivity (Wildman–Crippen MR) is 83.4 cm³/mol. The Bertz CT molecular complexity index is 352. The number of nitrogens with zero attached hydrogens (tertiary/aromatic N) is 2. The first-order chi connectivity index (χ1) is 9.40. The van der Waals surface area contributed by atoms with Crippen LogP contribution in [0.3, 0.4) is 0 Å². The van der Waals surface area contributed by atoms with E-state index < -0.39 is 0 Å². The molecule has 1 saturated heterocycles. The van der Waals surface area contributed by atoms with Crippen molar-refractivity contribution in [2.75, 3.05) is 54.6 Å². The number of thioether (sulfide) groups is 1. The standard InChI is InChI=1S/C14H23N3OS/c1-2-19-11-3-6-15-13-4-5-14(16-12-13)17-7-9-18-10-8-17/h4-5,12,15H,2-3,6-11H2,1H3. The molecule has 1 fully saturated rings. The molecular formula is C14H23N3OS. The van der Waals surface area contributed by atoms with E-state index in [9.17, 15) is 0 Å². The van der Waals surface area contributed by atoms with Crippen molar-refractivity contribution in [2.24, 2.45) is 0 Å². The van der Waals surface area contributed by atoms with Gasteiger partial charge >= 0.3 is 0 Å². The Labute approximate surface area is 119 Å². The molecule has 0 saturated carbocycles. The van der Waals surface area contributed by atoms with Crippen LogP contribution in [0.15, 0.2) is 18.3 Å². The minimum absolute atomic E-state index is 0.802. The zero-order chi connectivity index (χ0) is 13.3. The van der Waals surface area contributed by atoms with Crippen LogP contribution in [0.25, 0.3) is 0 Å². The summed E-state index contributed by atoms with van der Waals surface area (Å²) in [7, 11) is 0. The van der Waals surface area contributed by atoms with Crippen LogP contribution in [-0.4, -0.2) is 49.3 Å². The van der Waals surface area contributed by atoms with Gasteiger partial charge in [0.2, 0.25) is 0 Å². The highest BCUT2D eigenvalue weighted by molar-refractivity contribution is 7.99. The molecule has 0 aliphatic carbocycles. The monoisotopic (exact) mass is 281 g/mol. The number of rotatable bonds is 7. The van der Waals surface area contributed by atoms with Crippen LogP contribution in [0, 0.1) is 0 Å². The van der Waals surface area contributed by atoms with E-state index in [0.29, 0.717) is 0 Å². The minimum atomic E-state index is 0.802. The van der Waals surface area contributed by atoms with Crippen LogP contribution in [0.4, 0.5) is 11.5 Å². The van der Waals surface area contributed by atoms with Crippen LogP contribution in [0.2, 0.25) is 0 Å². The van der Waals surface area contributed by atoms with Crippen LogP contribution < -0.4 is 10.2 Å². The van der Waals surface area contributed by atoms with Crippen LogP contribution >= 0.6 is 11.8 Å². The predicted octanol–water partition coefficient (Wildman–Crippen LogP) is 2.47. The Kier molecular flexibility index (Phi) is 6.30. The summed E-state index contributed by atoms with van der Waals surface area (Å²) in [5.74, 6) is 3.48. The lowest BCUT2D eigenvalue weighted by atomic mass is 10.3. The minimum Gasteiger partial charge on any atom is -0.384 e. The Morgan fingerprint density at radius 1 is 1.37 bits per heavy atom. The van der Waals surface area contributed by atoms with E-state index in [0.717, 1.165) is 44.4 Å². The van der Waals surface area contributed by atoms with Crippen molar-refractivity contribution >= 4 is 23.3 Å². The molecule has 0 bridgehead atoms. The molecule has 2 heterocycles. The molecule has 1 aromatic heterocycles. The van der Waals surface area contributed by atoms with Gasteiger partial charge in [0.15, 0.2) is 0 Å². The molecule has 5 heteroatoms. The van der Waals surface area contributed by atoms with Gasteiger partial charge in [-0.3, -0.25) is 0 Å². The molecule has 1 aromatic rings. The number of pyridine rings is 1. The van der Waals surface area contributed by atoms with E-state index in [1.807, 2.05) is 18.0 Å². The lowest BCUT2D eigenvalue weighted by molar-refractivity contribution is 0.122. The molecule has 1 N–H and O–H groups in total. The topological polar surface area (TPSA) is 37.4 Å². The fraction of sp³-hybridized carbons (Fsp3) is 0.643. The normalized spacial score (nSPS) is 15.5. The highest BCUT2D eigenvalue weighted by Gasteiger charge is 2.11. The second-order valence-electron chi connectivity index (χ2n) is 4.48. The van der Waals surface area contributed by atoms with E-state index >= 15 is 0 Å². The van der Waals surface area contributed by atoms with Gasteiger partial charge in [-0.1, -0.05) is 6.92 Å². The van der Waals surface area contributed by atoms with Crippen molar-refractivity contribution in [1.82, 2.24) is 4.98 Å². The molecule has 0 spiro atoms. The van der Waals surface area contributed by atoms with Gasteiger partial charge in [-0.25, -0.2) is 4.98 Å². The number of hydrogen-bond acceptors (Lipinski definition) is 5. The maximum Gasteiger partial charge on any atom is 0.128 e. The SMILES string of the molecule is CCSCCCNc1ccc(N2CCOCC2)nc1. The molecule has 0 aromatic carbocycles. The van der Waals surface area contributed by atoms with E-state index in [1.165, 1.54) is 17.9 Å². The Balaban J connectivity index is 1.74. The van der Waals surface area contributed by atoms with Gasteiger partial charge in [0.05, 0.1) is 25.1 Å². The molecule has 2 rings (SSSR count). The van der Waals surface area contributed by atoms with Crippen molar-refractivity contribution < 1.29 is 4.74 Å². The van der Waals surface area contributed by atoms with Crippen LogP contribution in [-0.2, 0) is 4.74 Å². The number of aromatic nitrogens is 1. The maximum absolute atomic E-state index is 5.35. The van der Waals surface area contributed by atoms with E-state index in [-0.39, 0.29) is 0 Å². The van der Waals surface area contributed by atoms with E-state index in [4.69, 9.17) is 4.74 Å². The van der Waals surface area contributed by atoms with Crippen LogP contribution in [0.5, 0.6) is 0 Å². The molecular weight excluding hydrogens is 258 g/mol. The largest absolute Gasteiger partial charge is 0.384 e.